The van der Waals surface area contributed by atoms with Crippen LogP contribution < -0.4 is 0 Å². The molecule has 0 amide bonds. The molecule has 1 unspecified atom stereocenters. The first-order valence-electron chi connectivity index (χ1n) is 5.53. The minimum atomic E-state index is -0.210. The van der Waals surface area contributed by atoms with Gasteiger partial charge in [0.15, 0.2) is 5.82 Å². The van der Waals surface area contributed by atoms with Crippen LogP contribution in [-0.4, -0.2) is 15.7 Å². The summed E-state index contributed by atoms with van der Waals surface area (Å²) in [5.74, 6) is 1.03. The summed E-state index contributed by atoms with van der Waals surface area (Å²) in [5, 5.41) is 3.67. The number of rotatable bonds is 5. The van der Waals surface area contributed by atoms with Crippen LogP contribution in [0.3, 0.4) is 0 Å². The Bertz CT molecular complexity index is 320. The van der Waals surface area contributed by atoms with Crippen molar-refractivity contribution in [2.45, 2.75) is 58.1 Å². The van der Waals surface area contributed by atoms with Gasteiger partial charge in [-0.05, 0) is 27.2 Å². The maximum absolute atomic E-state index is 6.08. The Morgan fingerprint density at radius 1 is 1.44 bits per heavy atom. The molecule has 0 aliphatic heterocycles. The Hall–Kier alpha value is -0.610. The van der Waals surface area contributed by atoms with Crippen LogP contribution >= 0.6 is 11.6 Å². The largest absolute Gasteiger partial charge is 0.366 e. The fourth-order valence-electron chi connectivity index (χ4n) is 1.11. The van der Waals surface area contributed by atoms with E-state index >= 15 is 0 Å². The van der Waals surface area contributed by atoms with E-state index in [1.54, 1.807) is 0 Å². The summed E-state index contributed by atoms with van der Waals surface area (Å²) in [6.45, 7) is 8.33. The average molecular weight is 247 g/mol. The van der Waals surface area contributed by atoms with Gasteiger partial charge in [0.25, 0.3) is 5.89 Å². The lowest BCUT2D eigenvalue weighted by Crippen LogP contribution is -2.18. The fraction of sp³-hybridized carbons (Fsp3) is 0.818. The van der Waals surface area contributed by atoms with E-state index in [-0.39, 0.29) is 11.0 Å². The van der Waals surface area contributed by atoms with Crippen molar-refractivity contribution in [2.75, 3.05) is 0 Å². The van der Waals surface area contributed by atoms with Gasteiger partial charge in [0.1, 0.15) is 6.61 Å². The van der Waals surface area contributed by atoms with Gasteiger partial charge in [0, 0.05) is 0 Å². The van der Waals surface area contributed by atoms with Crippen molar-refractivity contribution in [3.8, 4) is 0 Å². The molecule has 4 nitrogen and oxygen atoms in total. The molecule has 0 saturated heterocycles. The van der Waals surface area contributed by atoms with Crippen molar-refractivity contribution < 1.29 is 9.26 Å². The van der Waals surface area contributed by atoms with Gasteiger partial charge >= 0.3 is 0 Å². The zero-order chi connectivity index (χ0) is 12.2. The molecule has 0 bridgehead atoms. The first kappa shape index (κ1) is 13.5. The normalized spacial score (nSPS) is 14.1. The Morgan fingerprint density at radius 3 is 2.69 bits per heavy atom. The predicted molar refractivity (Wildman–Crippen MR) is 62.3 cm³/mol. The van der Waals surface area contributed by atoms with E-state index in [1.165, 1.54) is 0 Å². The number of halogens is 1. The van der Waals surface area contributed by atoms with Crippen molar-refractivity contribution in [1.82, 2.24) is 10.1 Å². The molecule has 0 N–H and O–H groups in total. The number of hydrogen-bond acceptors (Lipinski definition) is 4. The number of nitrogens with zero attached hydrogens (tertiary/aromatic N) is 2. The smallest absolute Gasteiger partial charge is 0.252 e. The molecule has 0 aliphatic rings. The average Bonchev–Trinajstić information content (AvgIpc) is 2.62. The van der Waals surface area contributed by atoms with Crippen molar-refractivity contribution in [3.63, 3.8) is 0 Å². The molecule has 1 atom stereocenters. The molecule has 1 rings (SSSR count). The summed E-state index contributed by atoms with van der Waals surface area (Å²) in [5.41, 5.74) is -0.210. The molecule has 1 aromatic heterocycles. The highest BCUT2D eigenvalue weighted by Gasteiger charge is 2.17. The molecule has 1 aromatic rings. The van der Waals surface area contributed by atoms with Crippen molar-refractivity contribution in [3.05, 3.63) is 11.7 Å². The van der Waals surface area contributed by atoms with Gasteiger partial charge in [-0.2, -0.15) is 4.98 Å². The summed E-state index contributed by atoms with van der Waals surface area (Å²) < 4.78 is 10.6. The second kappa shape index (κ2) is 5.64. The Kier molecular flexibility index (Phi) is 4.74. The van der Waals surface area contributed by atoms with Crippen LogP contribution in [0.15, 0.2) is 4.52 Å². The van der Waals surface area contributed by atoms with Crippen LogP contribution in [0, 0.1) is 0 Å². The van der Waals surface area contributed by atoms with E-state index < -0.39 is 0 Å². The molecule has 0 fully saturated rings. The zero-order valence-corrected chi connectivity index (χ0v) is 11.0. The van der Waals surface area contributed by atoms with Crippen molar-refractivity contribution in [1.29, 1.82) is 0 Å². The van der Waals surface area contributed by atoms with E-state index in [2.05, 4.69) is 17.1 Å². The third-order valence-electron chi connectivity index (χ3n) is 1.93. The second-order valence-electron chi connectivity index (χ2n) is 4.70. The predicted octanol–water partition coefficient (Wildman–Crippen LogP) is 3.46. The van der Waals surface area contributed by atoms with Crippen molar-refractivity contribution >= 4 is 11.6 Å². The van der Waals surface area contributed by atoms with E-state index in [0.717, 1.165) is 12.8 Å². The van der Waals surface area contributed by atoms with Gasteiger partial charge in [-0.25, -0.2) is 0 Å². The summed E-state index contributed by atoms with van der Waals surface area (Å²) in [4.78, 5) is 4.20. The maximum atomic E-state index is 6.08. The first-order chi connectivity index (χ1) is 7.42. The number of ether oxygens (including phenoxy) is 1. The van der Waals surface area contributed by atoms with Gasteiger partial charge in [0.2, 0.25) is 0 Å². The van der Waals surface area contributed by atoms with E-state index in [0.29, 0.717) is 18.3 Å². The topological polar surface area (TPSA) is 48.2 Å². The standard InChI is InChI=1S/C11H19ClN2O2/c1-5-6-8(12)10-13-9(16-14-10)7-15-11(2,3)4/h8H,5-7H2,1-4H3. The fourth-order valence-corrected chi connectivity index (χ4v) is 1.42. The molecule has 0 radical (unpaired) electrons. The highest BCUT2D eigenvalue weighted by molar-refractivity contribution is 6.20. The molecular weight excluding hydrogens is 228 g/mol. The highest BCUT2D eigenvalue weighted by atomic mass is 35.5. The molecule has 1 heterocycles. The lowest BCUT2D eigenvalue weighted by molar-refractivity contribution is -0.0260. The summed E-state index contributed by atoms with van der Waals surface area (Å²) in [6, 6.07) is 0. The van der Waals surface area contributed by atoms with Crippen LogP contribution in [0.25, 0.3) is 0 Å². The summed E-state index contributed by atoms with van der Waals surface area (Å²) in [7, 11) is 0. The molecule has 0 saturated carbocycles. The van der Waals surface area contributed by atoms with Crippen molar-refractivity contribution in [2.24, 2.45) is 0 Å². The molecular formula is C11H19ClN2O2. The molecule has 16 heavy (non-hydrogen) atoms. The third-order valence-corrected chi connectivity index (χ3v) is 2.35. The van der Waals surface area contributed by atoms with Crippen LogP contribution in [0.4, 0.5) is 0 Å². The monoisotopic (exact) mass is 246 g/mol. The Balaban J connectivity index is 2.51. The SMILES string of the molecule is CCCC(Cl)c1noc(COC(C)(C)C)n1. The van der Waals surface area contributed by atoms with E-state index in [1.807, 2.05) is 20.8 Å². The number of hydrogen-bond donors (Lipinski definition) is 0. The van der Waals surface area contributed by atoms with E-state index in [9.17, 15) is 0 Å². The van der Waals surface area contributed by atoms with Crippen LogP contribution in [-0.2, 0) is 11.3 Å². The van der Waals surface area contributed by atoms with Gasteiger partial charge < -0.3 is 9.26 Å². The Labute approximate surface area is 101 Å². The lowest BCUT2D eigenvalue weighted by Gasteiger charge is -2.17. The molecule has 0 aliphatic carbocycles. The highest BCUT2D eigenvalue weighted by Crippen LogP contribution is 2.23. The van der Waals surface area contributed by atoms with Gasteiger partial charge in [-0.3, -0.25) is 0 Å². The molecule has 0 spiro atoms. The van der Waals surface area contributed by atoms with Gasteiger partial charge in [-0.15, -0.1) is 11.6 Å². The minimum Gasteiger partial charge on any atom is -0.366 e. The van der Waals surface area contributed by atoms with Crippen LogP contribution in [0.5, 0.6) is 0 Å². The summed E-state index contributed by atoms with van der Waals surface area (Å²) in [6.07, 6.45) is 1.84. The molecule has 5 heteroatoms. The van der Waals surface area contributed by atoms with E-state index in [4.69, 9.17) is 20.9 Å². The maximum Gasteiger partial charge on any atom is 0.252 e. The van der Waals surface area contributed by atoms with Crippen LogP contribution in [0.2, 0.25) is 0 Å². The first-order valence-corrected chi connectivity index (χ1v) is 5.96. The molecule has 92 valence electrons. The van der Waals surface area contributed by atoms with Gasteiger partial charge in [0.05, 0.1) is 11.0 Å². The quantitative estimate of drug-likeness (QED) is 0.747. The number of aromatic nitrogens is 2. The second-order valence-corrected chi connectivity index (χ2v) is 5.23. The number of alkyl halides is 1. The molecule has 0 aromatic carbocycles. The van der Waals surface area contributed by atoms with Gasteiger partial charge in [-0.1, -0.05) is 18.5 Å². The lowest BCUT2D eigenvalue weighted by atomic mass is 10.2. The zero-order valence-electron chi connectivity index (χ0n) is 10.3. The summed E-state index contributed by atoms with van der Waals surface area (Å²) >= 11 is 6.08. The minimum absolute atomic E-state index is 0.169. The van der Waals surface area contributed by atoms with Crippen LogP contribution in [0.1, 0.15) is 57.6 Å². The Morgan fingerprint density at radius 2 is 2.12 bits per heavy atom. The third kappa shape index (κ3) is 4.49.